The van der Waals surface area contributed by atoms with Gasteiger partial charge in [-0.15, -0.1) is 0 Å². The molecule has 2 aromatic heterocycles. The lowest BCUT2D eigenvalue weighted by Gasteiger charge is -2.39. The molecule has 3 N–H and O–H groups in total. The molecule has 1 saturated heterocycles. The SMILES string of the molecule is CCc1nc(C2CN(C(=O)NC(C3CCC3)C3CCOC3)Cc3cn[nH]c32)n[nH]1. The zero-order chi connectivity index (χ0) is 19.8. The number of amides is 2. The first-order valence-electron chi connectivity index (χ1n) is 10.8. The summed E-state index contributed by atoms with van der Waals surface area (Å²) < 4.78 is 5.61. The third kappa shape index (κ3) is 3.52. The van der Waals surface area contributed by atoms with E-state index in [0.717, 1.165) is 43.1 Å². The van der Waals surface area contributed by atoms with Crippen LogP contribution in [0.1, 0.15) is 61.4 Å². The first-order chi connectivity index (χ1) is 14.2. The molecule has 2 fully saturated rings. The van der Waals surface area contributed by atoms with Gasteiger partial charge in [0.25, 0.3) is 0 Å². The summed E-state index contributed by atoms with van der Waals surface area (Å²) in [7, 11) is 0. The minimum Gasteiger partial charge on any atom is -0.381 e. The summed E-state index contributed by atoms with van der Waals surface area (Å²) in [6.45, 7) is 4.70. The van der Waals surface area contributed by atoms with Crippen LogP contribution in [0, 0.1) is 11.8 Å². The van der Waals surface area contributed by atoms with Crippen molar-refractivity contribution >= 4 is 6.03 Å². The molecule has 0 aromatic carbocycles. The molecule has 0 spiro atoms. The van der Waals surface area contributed by atoms with E-state index >= 15 is 0 Å². The highest BCUT2D eigenvalue weighted by Gasteiger charge is 2.39. The van der Waals surface area contributed by atoms with Gasteiger partial charge in [0.15, 0.2) is 5.82 Å². The Balaban J connectivity index is 1.34. The van der Waals surface area contributed by atoms with Crippen molar-refractivity contribution in [2.75, 3.05) is 19.8 Å². The second kappa shape index (κ2) is 7.78. The van der Waals surface area contributed by atoms with Crippen LogP contribution in [-0.4, -0.2) is 62.1 Å². The van der Waals surface area contributed by atoms with Crippen molar-refractivity contribution in [2.24, 2.45) is 11.8 Å². The van der Waals surface area contributed by atoms with Crippen LogP contribution in [0.2, 0.25) is 0 Å². The minimum absolute atomic E-state index is 0.00287. The third-order valence-electron chi connectivity index (χ3n) is 6.77. The Labute approximate surface area is 170 Å². The molecule has 2 amide bonds. The number of nitrogens with zero attached hydrogens (tertiary/aromatic N) is 4. The number of aryl methyl sites for hydroxylation is 1. The summed E-state index contributed by atoms with van der Waals surface area (Å²) in [5.41, 5.74) is 2.04. The Morgan fingerprint density at radius 3 is 2.93 bits per heavy atom. The number of urea groups is 1. The van der Waals surface area contributed by atoms with Crippen LogP contribution in [0.5, 0.6) is 0 Å². The zero-order valence-electron chi connectivity index (χ0n) is 16.9. The fourth-order valence-electron chi connectivity index (χ4n) is 4.81. The number of hydrogen-bond donors (Lipinski definition) is 3. The number of ether oxygens (including phenoxy) is 1. The van der Waals surface area contributed by atoms with E-state index < -0.39 is 0 Å². The number of carbonyl (C=O) groups excluding carboxylic acids is 1. The van der Waals surface area contributed by atoms with Crippen LogP contribution in [0.4, 0.5) is 4.79 Å². The Bertz CT molecular complexity index is 853. The van der Waals surface area contributed by atoms with Gasteiger partial charge in [-0.1, -0.05) is 13.3 Å². The number of H-pyrrole nitrogens is 2. The molecule has 9 heteroatoms. The number of hydrogen-bond acceptors (Lipinski definition) is 5. The van der Waals surface area contributed by atoms with E-state index in [0.29, 0.717) is 30.7 Å². The molecule has 4 heterocycles. The van der Waals surface area contributed by atoms with Crippen LogP contribution in [-0.2, 0) is 17.7 Å². The van der Waals surface area contributed by atoms with Crippen molar-refractivity contribution in [2.45, 2.75) is 57.5 Å². The van der Waals surface area contributed by atoms with Gasteiger partial charge in [-0.3, -0.25) is 10.2 Å². The highest BCUT2D eigenvalue weighted by molar-refractivity contribution is 5.75. The molecule has 29 heavy (non-hydrogen) atoms. The number of fused-ring (bicyclic) bond motifs is 1. The van der Waals surface area contributed by atoms with Crippen LogP contribution >= 0.6 is 0 Å². The lowest BCUT2D eigenvalue weighted by molar-refractivity contribution is 0.129. The predicted octanol–water partition coefficient (Wildman–Crippen LogP) is 1.95. The van der Waals surface area contributed by atoms with Gasteiger partial charge >= 0.3 is 6.03 Å². The molecular formula is C20H29N7O2. The van der Waals surface area contributed by atoms with Crippen LogP contribution < -0.4 is 5.32 Å². The van der Waals surface area contributed by atoms with Crippen molar-refractivity contribution in [1.29, 1.82) is 0 Å². The Morgan fingerprint density at radius 1 is 1.34 bits per heavy atom. The molecule has 9 nitrogen and oxygen atoms in total. The lowest BCUT2D eigenvalue weighted by atomic mass is 9.74. The van der Waals surface area contributed by atoms with Gasteiger partial charge in [-0.25, -0.2) is 9.78 Å². The summed E-state index contributed by atoms with van der Waals surface area (Å²) in [6.07, 6.45) is 7.31. The van der Waals surface area contributed by atoms with E-state index in [-0.39, 0.29) is 18.0 Å². The Kier molecular flexibility index (Phi) is 4.99. The lowest BCUT2D eigenvalue weighted by Crippen LogP contribution is -2.53. The van der Waals surface area contributed by atoms with Crippen LogP contribution in [0.25, 0.3) is 0 Å². The summed E-state index contributed by atoms with van der Waals surface area (Å²) >= 11 is 0. The van der Waals surface area contributed by atoms with Crippen molar-refractivity contribution < 1.29 is 9.53 Å². The van der Waals surface area contributed by atoms with E-state index in [2.05, 4.69) is 30.7 Å². The second-order valence-electron chi connectivity index (χ2n) is 8.53. The van der Waals surface area contributed by atoms with E-state index in [1.54, 1.807) is 0 Å². The molecule has 3 atom stereocenters. The predicted molar refractivity (Wildman–Crippen MR) is 105 cm³/mol. The maximum Gasteiger partial charge on any atom is 0.317 e. The van der Waals surface area contributed by atoms with Crippen molar-refractivity contribution in [3.8, 4) is 0 Å². The molecule has 0 bridgehead atoms. The van der Waals surface area contributed by atoms with Gasteiger partial charge in [0.1, 0.15) is 5.82 Å². The van der Waals surface area contributed by atoms with Gasteiger partial charge in [0.2, 0.25) is 0 Å². The van der Waals surface area contributed by atoms with Crippen molar-refractivity contribution in [1.82, 2.24) is 35.6 Å². The maximum absolute atomic E-state index is 13.3. The van der Waals surface area contributed by atoms with E-state index in [1.165, 1.54) is 19.3 Å². The summed E-state index contributed by atoms with van der Waals surface area (Å²) in [5.74, 6) is 2.48. The van der Waals surface area contributed by atoms with Crippen LogP contribution in [0.15, 0.2) is 6.20 Å². The number of carbonyl (C=O) groups is 1. The van der Waals surface area contributed by atoms with E-state index in [9.17, 15) is 4.79 Å². The molecule has 1 aliphatic carbocycles. The van der Waals surface area contributed by atoms with Gasteiger partial charge in [-0.05, 0) is 25.2 Å². The normalized spacial score (nSPS) is 25.5. The molecule has 3 aliphatic rings. The minimum atomic E-state index is -0.0967. The monoisotopic (exact) mass is 399 g/mol. The molecule has 2 aromatic rings. The number of aromatic nitrogens is 5. The van der Waals surface area contributed by atoms with Gasteiger partial charge in [0.05, 0.1) is 31.0 Å². The Morgan fingerprint density at radius 2 is 2.24 bits per heavy atom. The largest absolute Gasteiger partial charge is 0.381 e. The first kappa shape index (κ1) is 18.6. The summed E-state index contributed by atoms with van der Waals surface area (Å²) in [6, 6.07) is 0.204. The number of aromatic amines is 2. The molecular weight excluding hydrogens is 370 g/mol. The highest BCUT2D eigenvalue weighted by atomic mass is 16.5. The molecule has 1 saturated carbocycles. The summed E-state index contributed by atoms with van der Waals surface area (Å²) in [4.78, 5) is 19.8. The number of nitrogens with one attached hydrogen (secondary N) is 3. The van der Waals surface area contributed by atoms with Gasteiger partial charge in [0, 0.05) is 37.1 Å². The average molecular weight is 399 g/mol. The average Bonchev–Trinajstić information content (AvgIpc) is 3.46. The molecule has 5 rings (SSSR count). The van der Waals surface area contributed by atoms with E-state index in [1.807, 2.05) is 18.0 Å². The quantitative estimate of drug-likeness (QED) is 0.711. The van der Waals surface area contributed by atoms with Gasteiger partial charge < -0.3 is 15.0 Å². The van der Waals surface area contributed by atoms with E-state index in [4.69, 9.17) is 4.74 Å². The molecule has 156 valence electrons. The second-order valence-corrected chi connectivity index (χ2v) is 8.53. The number of rotatable bonds is 5. The molecule has 0 radical (unpaired) electrons. The van der Waals surface area contributed by atoms with Crippen molar-refractivity contribution in [3.63, 3.8) is 0 Å². The molecule has 3 unspecified atom stereocenters. The highest BCUT2D eigenvalue weighted by Crippen LogP contribution is 2.36. The smallest absolute Gasteiger partial charge is 0.317 e. The zero-order valence-corrected chi connectivity index (χ0v) is 16.9. The van der Waals surface area contributed by atoms with Crippen LogP contribution in [0.3, 0.4) is 0 Å². The standard InChI is InChI=1S/C20H29N7O2/c1-2-16-22-19(26-24-16)15-10-27(9-14-8-21-25-18(14)15)20(28)23-17(12-4-3-5-12)13-6-7-29-11-13/h8,12-13,15,17H,2-7,9-11H2,1H3,(H,21,25)(H,23,28)(H,22,24,26). The summed E-state index contributed by atoms with van der Waals surface area (Å²) in [5, 5.41) is 18.1. The Hall–Kier alpha value is -2.42. The fourth-order valence-corrected chi connectivity index (χ4v) is 4.81. The third-order valence-corrected chi connectivity index (χ3v) is 6.77. The topological polar surface area (TPSA) is 112 Å². The fraction of sp³-hybridized carbons (Fsp3) is 0.700. The molecule has 2 aliphatic heterocycles. The first-order valence-corrected chi connectivity index (χ1v) is 10.8. The van der Waals surface area contributed by atoms with Crippen molar-refractivity contribution in [3.05, 3.63) is 29.1 Å². The maximum atomic E-state index is 13.3. The van der Waals surface area contributed by atoms with Gasteiger partial charge in [-0.2, -0.15) is 10.2 Å².